The van der Waals surface area contributed by atoms with E-state index in [1.54, 1.807) is 30.3 Å². The van der Waals surface area contributed by atoms with Gasteiger partial charge in [0.05, 0.1) is 11.7 Å². The molecule has 0 aromatic heterocycles. The number of hydrogen-bond acceptors (Lipinski definition) is 4. The molecule has 4 nitrogen and oxygen atoms in total. The molecule has 1 aromatic carbocycles. The molecule has 0 aliphatic heterocycles. The molecule has 2 rings (SSSR count). The number of aliphatic hydroxyl groups is 1. The lowest BCUT2D eigenvalue weighted by atomic mass is 9.95. The highest BCUT2D eigenvalue weighted by molar-refractivity contribution is 5.89. The van der Waals surface area contributed by atoms with Gasteiger partial charge in [0.15, 0.2) is 0 Å². The first-order valence-corrected chi connectivity index (χ1v) is 6.92. The Morgan fingerprint density at radius 3 is 2.50 bits per heavy atom. The van der Waals surface area contributed by atoms with Crippen molar-refractivity contribution in [2.45, 2.75) is 37.9 Å². The van der Waals surface area contributed by atoms with Gasteiger partial charge in [-0.3, -0.25) is 0 Å². The van der Waals surface area contributed by atoms with Crippen molar-refractivity contribution in [1.29, 1.82) is 0 Å². The van der Waals surface area contributed by atoms with Gasteiger partial charge in [0, 0.05) is 0 Å². The summed E-state index contributed by atoms with van der Waals surface area (Å²) < 4.78 is 10.8. The molecular formula is C16H20O4. The van der Waals surface area contributed by atoms with Crippen LogP contribution in [0.2, 0.25) is 0 Å². The number of carbonyl (C=O) groups excluding carboxylic acids is 1. The molecule has 1 saturated carbocycles. The molecule has 0 heterocycles. The van der Waals surface area contributed by atoms with E-state index in [0.29, 0.717) is 30.8 Å². The van der Waals surface area contributed by atoms with E-state index in [1.165, 1.54) is 0 Å². The van der Waals surface area contributed by atoms with Crippen LogP contribution >= 0.6 is 0 Å². The molecule has 4 heteroatoms. The number of esters is 1. The first kappa shape index (κ1) is 14.6. The Bertz CT molecular complexity index is 444. The van der Waals surface area contributed by atoms with Gasteiger partial charge >= 0.3 is 5.97 Å². The molecule has 0 amide bonds. The van der Waals surface area contributed by atoms with Crippen molar-refractivity contribution >= 4 is 5.97 Å². The normalized spacial score (nSPS) is 22.1. The van der Waals surface area contributed by atoms with Crippen LogP contribution in [0.15, 0.2) is 36.9 Å². The van der Waals surface area contributed by atoms with Crippen molar-refractivity contribution in [3.05, 3.63) is 42.5 Å². The molecule has 0 atom stereocenters. The van der Waals surface area contributed by atoms with Crippen molar-refractivity contribution in [3.63, 3.8) is 0 Å². The minimum atomic E-state index is -0.318. The van der Waals surface area contributed by atoms with Crippen molar-refractivity contribution < 1.29 is 19.4 Å². The number of carbonyl (C=O) groups is 1. The molecule has 0 unspecified atom stereocenters. The third-order valence-electron chi connectivity index (χ3n) is 3.38. The minimum Gasteiger partial charge on any atom is -0.490 e. The molecule has 0 spiro atoms. The van der Waals surface area contributed by atoms with Gasteiger partial charge in [-0.1, -0.05) is 12.7 Å². The molecular weight excluding hydrogens is 256 g/mol. The predicted octanol–water partition coefficient (Wildman–Crippen LogP) is 2.71. The Morgan fingerprint density at radius 1 is 1.25 bits per heavy atom. The van der Waals surface area contributed by atoms with Crippen LogP contribution in [0.4, 0.5) is 0 Å². The van der Waals surface area contributed by atoms with E-state index >= 15 is 0 Å². The second-order valence-corrected chi connectivity index (χ2v) is 4.96. The molecule has 0 radical (unpaired) electrons. The van der Waals surface area contributed by atoms with Gasteiger partial charge in [0.2, 0.25) is 0 Å². The van der Waals surface area contributed by atoms with Gasteiger partial charge in [0.25, 0.3) is 0 Å². The molecule has 1 N–H and O–H groups in total. The lowest BCUT2D eigenvalue weighted by Gasteiger charge is -2.25. The van der Waals surface area contributed by atoms with Gasteiger partial charge in [-0.15, -0.1) is 0 Å². The molecule has 1 aromatic rings. The second-order valence-electron chi connectivity index (χ2n) is 4.96. The Hall–Kier alpha value is -1.81. The SMILES string of the molecule is C=CCOc1ccc(C(=O)OC2CCC(O)CC2)cc1. The van der Waals surface area contributed by atoms with Gasteiger partial charge in [-0.25, -0.2) is 4.79 Å². The van der Waals surface area contributed by atoms with Crippen molar-refractivity contribution in [1.82, 2.24) is 0 Å². The lowest BCUT2D eigenvalue weighted by molar-refractivity contribution is 0.00459. The van der Waals surface area contributed by atoms with Crippen LogP contribution in [0.3, 0.4) is 0 Å². The zero-order valence-electron chi connectivity index (χ0n) is 11.5. The minimum absolute atomic E-state index is 0.0809. The summed E-state index contributed by atoms with van der Waals surface area (Å²) in [6.45, 7) is 4.01. The van der Waals surface area contributed by atoms with Crippen LogP contribution in [0.5, 0.6) is 5.75 Å². The average Bonchev–Trinajstić information content (AvgIpc) is 2.48. The zero-order chi connectivity index (χ0) is 14.4. The summed E-state index contributed by atoms with van der Waals surface area (Å²) in [5.74, 6) is 0.379. The maximum atomic E-state index is 12.0. The summed E-state index contributed by atoms with van der Waals surface area (Å²) in [4.78, 5) is 12.0. The van der Waals surface area contributed by atoms with E-state index in [0.717, 1.165) is 12.8 Å². The van der Waals surface area contributed by atoms with Crippen LogP contribution in [0.25, 0.3) is 0 Å². The number of benzene rings is 1. The van der Waals surface area contributed by atoms with Gasteiger partial charge < -0.3 is 14.6 Å². The summed E-state index contributed by atoms with van der Waals surface area (Å²) in [5, 5.41) is 9.42. The Kier molecular flexibility index (Phi) is 5.18. The van der Waals surface area contributed by atoms with E-state index < -0.39 is 0 Å². The van der Waals surface area contributed by atoms with Crippen LogP contribution in [0, 0.1) is 0 Å². The van der Waals surface area contributed by atoms with E-state index in [1.807, 2.05) is 0 Å². The van der Waals surface area contributed by atoms with Gasteiger partial charge in [0.1, 0.15) is 18.5 Å². The number of rotatable bonds is 5. The van der Waals surface area contributed by atoms with E-state index in [-0.39, 0.29) is 18.2 Å². The van der Waals surface area contributed by atoms with E-state index in [9.17, 15) is 9.90 Å². The highest BCUT2D eigenvalue weighted by Gasteiger charge is 2.22. The number of aliphatic hydroxyl groups excluding tert-OH is 1. The molecule has 108 valence electrons. The summed E-state index contributed by atoms with van der Waals surface area (Å²) in [7, 11) is 0. The molecule has 1 aliphatic rings. The first-order valence-electron chi connectivity index (χ1n) is 6.92. The summed E-state index contributed by atoms with van der Waals surface area (Å²) in [5.41, 5.74) is 0.516. The Balaban J connectivity index is 1.87. The fraction of sp³-hybridized carbons (Fsp3) is 0.438. The fourth-order valence-electron chi connectivity index (χ4n) is 2.22. The third-order valence-corrected chi connectivity index (χ3v) is 3.38. The molecule has 0 bridgehead atoms. The predicted molar refractivity (Wildman–Crippen MR) is 75.8 cm³/mol. The smallest absolute Gasteiger partial charge is 0.338 e. The maximum Gasteiger partial charge on any atom is 0.338 e. The van der Waals surface area contributed by atoms with Crippen LogP contribution in [0.1, 0.15) is 36.0 Å². The van der Waals surface area contributed by atoms with Crippen molar-refractivity contribution in [3.8, 4) is 5.75 Å². The quantitative estimate of drug-likeness (QED) is 0.663. The van der Waals surface area contributed by atoms with Crippen LogP contribution < -0.4 is 4.74 Å². The first-order chi connectivity index (χ1) is 9.69. The summed E-state index contributed by atoms with van der Waals surface area (Å²) in [6.07, 6.45) is 4.20. The Labute approximate surface area is 119 Å². The molecule has 1 fully saturated rings. The highest BCUT2D eigenvalue weighted by Crippen LogP contribution is 2.22. The van der Waals surface area contributed by atoms with Crippen molar-refractivity contribution in [2.24, 2.45) is 0 Å². The summed E-state index contributed by atoms with van der Waals surface area (Å²) in [6, 6.07) is 6.87. The zero-order valence-corrected chi connectivity index (χ0v) is 11.5. The van der Waals surface area contributed by atoms with Gasteiger partial charge in [-0.05, 0) is 49.9 Å². The number of ether oxygens (including phenoxy) is 2. The third kappa shape index (κ3) is 4.10. The summed E-state index contributed by atoms with van der Waals surface area (Å²) >= 11 is 0. The maximum absolute atomic E-state index is 12.0. The van der Waals surface area contributed by atoms with E-state index in [4.69, 9.17) is 9.47 Å². The topological polar surface area (TPSA) is 55.8 Å². The molecule has 20 heavy (non-hydrogen) atoms. The second kappa shape index (κ2) is 7.10. The lowest BCUT2D eigenvalue weighted by Crippen LogP contribution is -2.26. The molecule has 1 aliphatic carbocycles. The van der Waals surface area contributed by atoms with Crippen LogP contribution in [-0.2, 0) is 4.74 Å². The number of hydrogen-bond donors (Lipinski definition) is 1. The highest BCUT2D eigenvalue weighted by atomic mass is 16.5. The average molecular weight is 276 g/mol. The fourth-order valence-corrected chi connectivity index (χ4v) is 2.22. The largest absolute Gasteiger partial charge is 0.490 e. The van der Waals surface area contributed by atoms with Gasteiger partial charge in [-0.2, -0.15) is 0 Å². The Morgan fingerprint density at radius 2 is 1.90 bits per heavy atom. The monoisotopic (exact) mass is 276 g/mol. The van der Waals surface area contributed by atoms with Crippen LogP contribution in [-0.4, -0.2) is 29.9 Å². The standard InChI is InChI=1S/C16H20O4/c1-2-11-19-14-7-3-12(4-8-14)16(18)20-15-9-5-13(17)6-10-15/h2-4,7-8,13,15,17H,1,5-6,9-11H2. The van der Waals surface area contributed by atoms with Crippen molar-refractivity contribution in [2.75, 3.05) is 6.61 Å². The van der Waals surface area contributed by atoms with E-state index in [2.05, 4.69) is 6.58 Å². The molecule has 0 saturated heterocycles.